The monoisotopic (exact) mass is 327 g/mol. The number of ketones is 1. The van der Waals surface area contributed by atoms with Crippen LogP contribution in [0, 0.1) is 5.92 Å². The molecule has 0 aliphatic heterocycles. The Labute approximate surface area is 142 Å². The van der Waals surface area contributed by atoms with Crippen LogP contribution in [0.3, 0.4) is 0 Å². The van der Waals surface area contributed by atoms with Crippen molar-refractivity contribution >= 4 is 23.1 Å². The summed E-state index contributed by atoms with van der Waals surface area (Å²) in [5.74, 6) is 0.407. The molecule has 1 fully saturated rings. The quantitative estimate of drug-likeness (QED) is 0.736. The van der Waals surface area contributed by atoms with Gasteiger partial charge in [-0.25, -0.2) is 0 Å². The first-order valence-electron chi connectivity index (χ1n) is 8.34. The van der Waals surface area contributed by atoms with Crippen molar-refractivity contribution in [2.75, 3.05) is 5.32 Å². The molecule has 1 aliphatic carbocycles. The van der Waals surface area contributed by atoms with Gasteiger partial charge in [-0.3, -0.25) is 4.79 Å². The van der Waals surface area contributed by atoms with E-state index in [2.05, 4.69) is 5.32 Å². The average molecular weight is 328 g/mol. The van der Waals surface area contributed by atoms with Crippen LogP contribution in [0.4, 0.5) is 5.69 Å². The van der Waals surface area contributed by atoms with E-state index in [4.69, 9.17) is 11.6 Å². The number of carbonyl (C=O) groups is 1. The zero-order valence-electron chi connectivity index (χ0n) is 13.2. The number of carbonyl (C=O) groups excluding carboxylic acids is 1. The predicted octanol–water partition coefficient (Wildman–Crippen LogP) is 5.64. The molecule has 0 saturated heterocycles. The third-order valence-electron chi connectivity index (χ3n) is 4.58. The summed E-state index contributed by atoms with van der Waals surface area (Å²) in [6.07, 6.45) is 4.95. The highest BCUT2D eigenvalue weighted by Crippen LogP contribution is 2.34. The molecule has 23 heavy (non-hydrogen) atoms. The SMILES string of the molecule is O=C1CCCCCC1C(Nc1ccccc1)c1ccc(Cl)cc1. The van der Waals surface area contributed by atoms with Gasteiger partial charge in [0.05, 0.1) is 6.04 Å². The van der Waals surface area contributed by atoms with Gasteiger partial charge in [0.15, 0.2) is 0 Å². The smallest absolute Gasteiger partial charge is 0.138 e. The van der Waals surface area contributed by atoms with E-state index in [0.717, 1.165) is 42.0 Å². The van der Waals surface area contributed by atoms with Crippen molar-refractivity contribution in [1.29, 1.82) is 0 Å². The van der Waals surface area contributed by atoms with Crippen molar-refractivity contribution in [2.45, 2.75) is 38.1 Å². The molecule has 2 aromatic rings. The number of Topliss-reactive ketones (excluding diaryl/α,β-unsaturated/α-hetero) is 1. The Hall–Kier alpha value is -1.80. The minimum atomic E-state index is 0.000247. The van der Waals surface area contributed by atoms with E-state index < -0.39 is 0 Å². The molecule has 120 valence electrons. The van der Waals surface area contributed by atoms with Gasteiger partial charge in [-0.05, 0) is 42.7 Å². The van der Waals surface area contributed by atoms with E-state index in [1.165, 1.54) is 0 Å². The van der Waals surface area contributed by atoms with Crippen LogP contribution in [0.2, 0.25) is 5.02 Å². The van der Waals surface area contributed by atoms with Gasteiger partial charge in [-0.15, -0.1) is 0 Å². The molecular weight excluding hydrogens is 306 g/mol. The maximum atomic E-state index is 12.6. The maximum Gasteiger partial charge on any atom is 0.138 e. The van der Waals surface area contributed by atoms with Crippen LogP contribution in [0.1, 0.15) is 43.7 Å². The second kappa shape index (κ2) is 7.65. The van der Waals surface area contributed by atoms with E-state index in [9.17, 15) is 4.79 Å². The van der Waals surface area contributed by atoms with Gasteiger partial charge < -0.3 is 5.32 Å². The van der Waals surface area contributed by atoms with E-state index in [0.29, 0.717) is 12.2 Å². The van der Waals surface area contributed by atoms with Gasteiger partial charge in [0.1, 0.15) is 5.78 Å². The minimum absolute atomic E-state index is 0.000247. The topological polar surface area (TPSA) is 29.1 Å². The summed E-state index contributed by atoms with van der Waals surface area (Å²) >= 11 is 6.03. The molecular formula is C20H22ClNO. The van der Waals surface area contributed by atoms with Gasteiger partial charge in [0.2, 0.25) is 0 Å². The summed E-state index contributed by atoms with van der Waals surface area (Å²) in [4.78, 5) is 12.6. The first kappa shape index (κ1) is 16.1. The fraction of sp³-hybridized carbons (Fsp3) is 0.350. The standard InChI is InChI=1S/C20H22ClNO/c21-16-13-11-15(12-14-16)20(22-17-7-3-1-4-8-17)18-9-5-2-6-10-19(18)23/h1,3-4,7-8,11-14,18,20,22H,2,5-6,9-10H2. The lowest BCUT2D eigenvalue weighted by Gasteiger charge is -2.28. The second-order valence-electron chi connectivity index (χ2n) is 6.21. The van der Waals surface area contributed by atoms with Gasteiger partial charge in [-0.2, -0.15) is 0 Å². The summed E-state index contributed by atoms with van der Waals surface area (Å²) in [5, 5.41) is 4.30. The molecule has 0 heterocycles. The maximum absolute atomic E-state index is 12.6. The van der Waals surface area contributed by atoms with Gasteiger partial charge in [-0.1, -0.05) is 54.8 Å². The minimum Gasteiger partial charge on any atom is -0.378 e. The average Bonchev–Trinajstić information content (AvgIpc) is 2.79. The molecule has 0 radical (unpaired) electrons. The van der Waals surface area contributed by atoms with E-state index >= 15 is 0 Å². The van der Waals surface area contributed by atoms with Crippen LogP contribution in [0.5, 0.6) is 0 Å². The van der Waals surface area contributed by atoms with Crippen LogP contribution < -0.4 is 5.32 Å². The van der Waals surface area contributed by atoms with Crippen molar-refractivity contribution in [3.05, 3.63) is 65.2 Å². The van der Waals surface area contributed by atoms with Gasteiger partial charge in [0, 0.05) is 23.0 Å². The van der Waals surface area contributed by atoms with E-state index in [1.807, 2.05) is 54.6 Å². The van der Waals surface area contributed by atoms with Crippen molar-refractivity contribution in [3.63, 3.8) is 0 Å². The molecule has 2 aromatic carbocycles. The van der Waals surface area contributed by atoms with E-state index in [-0.39, 0.29) is 12.0 Å². The van der Waals surface area contributed by atoms with Crippen LogP contribution in [0.25, 0.3) is 0 Å². The molecule has 2 unspecified atom stereocenters. The fourth-order valence-corrected chi connectivity index (χ4v) is 3.47. The Balaban J connectivity index is 1.91. The normalized spacial score (nSPS) is 19.9. The molecule has 1 saturated carbocycles. The molecule has 0 aromatic heterocycles. The highest BCUT2D eigenvalue weighted by atomic mass is 35.5. The lowest BCUT2D eigenvalue weighted by Crippen LogP contribution is -2.27. The Kier molecular flexibility index (Phi) is 5.35. The number of para-hydroxylation sites is 1. The molecule has 2 nitrogen and oxygen atoms in total. The fourth-order valence-electron chi connectivity index (χ4n) is 3.34. The summed E-state index contributed by atoms with van der Waals surface area (Å²) in [5.41, 5.74) is 2.17. The number of nitrogens with one attached hydrogen (secondary N) is 1. The third-order valence-corrected chi connectivity index (χ3v) is 4.83. The number of hydrogen-bond donors (Lipinski definition) is 1. The van der Waals surface area contributed by atoms with Crippen LogP contribution in [-0.4, -0.2) is 5.78 Å². The Morgan fingerprint density at radius 3 is 2.43 bits per heavy atom. The molecule has 0 spiro atoms. The molecule has 2 atom stereocenters. The number of hydrogen-bond acceptors (Lipinski definition) is 2. The zero-order valence-corrected chi connectivity index (χ0v) is 13.9. The summed E-state index contributed by atoms with van der Waals surface area (Å²) < 4.78 is 0. The summed E-state index contributed by atoms with van der Waals surface area (Å²) in [7, 11) is 0. The lowest BCUT2D eigenvalue weighted by molar-refractivity contribution is -0.123. The highest BCUT2D eigenvalue weighted by molar-refractivity contribution is 6.30. The Bertz CT molecular complexity index is 638. The molecule has 3 heteroatoms. The highest BCUT2D eigenvalue weighted by Gasteiger charge is 2.30. The van der Waals surface area contributed by atoms with Crippen molar-refractivity contribution in [1.82, 2.24) is 0 Å². The Morgan fingerprint density at radius 2 is 1.70 bits per heavy atom. The van der Waals surface area contributed by atoms with Crippen LogP contribution >= 0.6 is 11.6 Å². The number of halogens is 1. The van der Waals surface area contributed by atoms with Crippen molar-refractivity contribution in [3.8, 4) is 0 Å². The van der Waals surface area contributed by atoms with Gasteiger partial charge in [0.25, 0.3) is 0 Å². The zero-order chi connectivity index (χ0) is 16.1. The molecule has 1 N–H and O–H groups in total. The second-order valence-corrected chi connectivity index (χ2v) is 6.65. The number of rotatable bonds is 4. The number of anilines is 1. The molecule has 0 amide bonds. The Morgan fingerprint density at radius 1 is 0.957 bits per heavy atom. The largest absolute Gasteiger partial charge is 0.378 e. The molecule has 1 aliphatic rings. The summed E-state index contributed by atoms with van der Waals surface area (Å²) in [6.45, 7) is 0. The molecule has 3 rings (SSSR count). The number of benzene rings is 2. The predicted molar refractivity (Wildman–Crippen MR) is 95.8 cm³/mol. The molecule has 0 bridgehead atoms. The van der Waals surface area contributed by atoms with Crippen LogP contribution in [-0.2, 0) is 4.79 Å². The van der Waals surface area contributed by atoms with Crippen LogP contribution in [0.15, 0.2) is 54.6 Å². The van der Waals surface area contributed by atoms with E-state index in [1.54, 1.807) is 0 Å². The van der Waals surface area contributed by atoms with Crippen molar-refractivity contribution in [2.24, 2.45) is 5.92 Å². The first-order chi connectivity index (χ1) is 11.2. The summed E-state index contributed by atoms with van der Waals surface area (Å²) in [6, 6.07) is 18.0. The van der Waals surface area contributed by atoms with Crippen molar-refractivity contribution < 1.29 is 4.79 Å². The third kappa shape index (κ3) is 4.14. The first-order valence-corrected chi connectivity index (χ1v) is 8.71. The lowest BCUT2D eigenvalue weighted by atomic mass is 9.86. The van der Waals surface area contributed by atoms with Gasteiger partial charge >= 0.3 is 0 Å².